The number of rotatable bonds is 22. The fourth-order valence-corrected chi connectivity index (χ4v) is 10.1. The highest BCUT2D eigenvalue weighted by Crippen LogP contribution is 2.46. The maximum Gasteiger partial charge on any atom is 0.343 e. The molecule has 0 spiro atoms. The van der Waals surface area contributed by atoms with Crippen LogP contribution in [0.5, 0.6) is 0 Å². The summed E-state index contributed by atoms with van der Waals surface area (Å²) in [5.41, 5.74) is 6.72. The van der Waals surface area contributed by atoms with Crippen LogP contribution in [0, 0.1) is 24.6 Å². The first-order valence-corrected chi connectivity index (χ1v) is 24.1. The number of fused-ring (bicyclic) bond motifs is 5. The number of nitrogens with one attached hydrogen (secondary N) is 4. The van der Waals surface area contributed by atoms with Gasteiger partial charge in [-0.3, -0.25) is 38.5 Å². The van der Waals surface area contributed by atoms with Crippen molar-refractivity contribution >= 4 is 58.2 Å². The van der Waals surface area contributed by atoms with Crippen molar-refractivity contribution in [2.45, 2.75) is 136 Å². The van der Waals surface area contributed by atoms with Crippen LogP contribution in [0.3, 0.4) is 0 Å². The molecule has 4 atom stereocenters. The van der Waals surface area contributed by atoms with Crippen molar-refractivity contribution in [3.63, 3.8) is 0 Å². The number of amides is 7. The van der Waals surface area contributed by atoms with E-state index in [1.165, 1.54) is 22.8 Å². The van der Waals surface area contributed by atoms with Crippen molar-refractivity contribution in [3.8, 4) is 11.4 Å². The third-order valence-corrected chi connectivity index (χ3v) is 14.0. The molecule has 0 saturated heterocycles. The first-order valence-electron chi connectivity index (χ1n) is 24.1. The molecule has 3 aliphatic heterocycles. The number of Topliss-reactive ketones (excluding diaryl/α,β-unsaturated/α-hetero) is 1. The van der Waals surface area contributed by atoms with Crippen LogP contribution in [0.4, 0.5) is 9.18 Å². The molecule has 0 radical (unpaired) electrons. The molecule has 0 saturated carbocycles. The molecule has 19 nitrogen and oxygen atoms in total. The summed E-state index contributed by atoms with van der Waals surface area (Å²) in [6.07, 6.45) is 5.58. The quantitative estimate of drug-likeness (QED) is 0.0377. The number of aryl methyl sites for hydroxylation is 1. The van der Waals surface area contributed by atoms with Gasteiger partial charge in [-0.05, 0) is 87.0 Å². The Morgan fingerprint density at radius 2 is 1.66 bits per heavy atom. The van der Waals surface area contributed by atoms with Crippen molar-refractivity contribution in [2.75, 3.05) is 19.6 Å². The third kappa shape index (κ3) is 10.5. The van der Waals surface area contributed by atoms with Gasteiger partial charge in [0.15, 0.2) is 11.4 Å². The number of nitrogens with zero attached hydrogens (tertiary/aromatic N) is 3. The number of hydrogen-bond donors (Lipinski definition) is 6. The number of carbonyl (C=O) groups excluding carboxylic acids is 8. The van der Waals surface area contributed by atoms with Crippen molar-refractivity contribution in [1.82, 2.24) is 35.7 Å². The van der Waals surface area contributed by atoms with Gasteiger partial charge >= 0.3 is 12.0 Å². The molecule has 0 bridgehead atoms. The highest BCUT2D eigenvalue weighted by Gasteiger charge is 2.46. The summed E-state index contributed by atoms with van der Waals surface area (Å²) in [4.78, 5) is 122. The number of unbranched alkanes of at least 4 members (excludes halogenated alkanes) is 2. The van der Waals surface area contributed by atoms with Gasteiger partial charge in [0.25, 0.3) is 17.4 Å². The van der Waals surface area contributed by atoms with Crippen LogP contribution in [0.1, 0.15) is 131 Å². The van der Waals surface area contributed by atoms with Crippen molar-refractivity contribution in [3.05, 3.63) is 73.8 Å². The number of primary amides is 1. The molecule has 7 rings (SSSR count). The van der Waals surface area contributed by atoms with E-state index in [0.717, 1.165) is 10.5 Å². The number of benzene rings is 1. The molecule has 1 aliphatic carbocycles. The Morgan fingerprint density at radius 3 is 2.36 bits per heavy atom. The Hall–Kier alpha value is -6.83. The second-order valence-electron chi connectivity index (χ2n) is 18.9. The van der Waals surface area contributed by atoms with E-state index in [9.17, 15) is 48.3 Å². The maximum absolute atomic E-state index is 15.4. The van der Waals surface area contributed by atoms with Gasteiger partial charge in [-0.15, -0.1) is 0 Å². The minimum Gasteiger partial charge on any atom is -0.458 e. The number of carbonyl (C=O) groups is 8. The van der Waals surface area contributed by atoms with Gasteiger partial charge in [0.1, 0.15) is 12.4 Å². The molecule has 20 heteroatoms. The average Bonchev–Trinajstić information content (AvgIpc) is 3.85. The van der Waals surface area contributed by atoms with Crippen LogP contribution in [0.15, 0.2) is 29.1 Å². The van der Waals surface area contributed by atoms with Gasteiger partial charge in [0.05, 0.1) is 41.1 Å². The molecule has 4 aliphatic rings. The van der Waals surface area contributed by atoms with Gasteiger partial charge in [-0.25, -0.2) is 19.0 Å². The molecule has 374 valence electrons. The minimum absolute atomic E-state index is 0.0117. The van der Waals surface area contributed by atoms with Gasteiger partial charge < -0.3 is 41.4 Å². The Labute approximate surface area is 403 Å². The van der Waals surface area contributed by atoms with E-state index < -0.39 is 52.9 Å². The monoisotopic (exact) mass is 968 g/mol. The van der Waals surface area contributed by atoms with E-state index in [-0.39, 0.29) is 118 Å². The maximum atomic E-state index is 15.4. The summed E-state index contributed by atoms with van der Waals surface area (Å²) in [6, 6.07) is 0.774. The molecule has 0 unspecified atom stereocenters. The summed E-state index contributed by atoms with van der Waals surface area (Å²) < 4.78 is 22.1. The van der Waals surface area contributed by atoms with E-state index in [0.29, 0.717) is 77.5 Å². The number of hydrogen-bond acceptors (Lipinski definition) is 12. The van der Waals surface area contributed by atoms with E-state index in [4.69, 9.17) is 15.5 Å². The number of aliphatic hydroxyl groups is 1. The van der Waals surface area contributed by atoms with Crippen molar-refractivity contribution in [2.24, 2.45) is 17.6 Å². The zero-order chi connectivity index (χ0) is 50.6. The lowest BCUT2D eigenvalue weighted by atomic mass is 9.81. The zero-order valence-electron chi connectivity index (χ0n) is 40.0. The van der Waals surface area contributed by atoms with Crippen LogP contribution in [0.2, 0.25) is 0 Å². The van der Waals surface area contributed by atoms with Crippen LogP contribution < -0.4 is 32.6 Å². The lowest BCUT2D eigenvalue weighted by molar-refractivity contribution is -0.172. The van der Waals surface area contributed by atoms with Crippen LogP contribution in [-0.4, -0.2) is 92.6 Å². The van der Waals surface area contributed by atoms with Crippen molar-refractivity contribution < 1.29 is 52.6 Å². The highest BCUT2D eigenvalue weighted by molar-refractivity contribution is 6.12. The lowest BCUT2D eigenvalue weighted by Crippen LogP contribution is -2.46. The first kappa shape index (κ1) is 51.0. The molecule has 0 fully saturated rings. The normalized spacial score (nSPS) is 18.5. The number of imide groups is 1. The Bertz CT molecular complexity index is 2730. The highest BCUT2D eigenvalue weighted by atomic mass is 19.1. The average molecular weight is 969 g/mol. The number of nitrogens with two attached hydrogens (primary N) is 1. The van der Waals surface area contributed by atoms with E-state index in [2.05, 4.69) is 21.3 Å². The smallest absolute Gasteiger partial charge is 0.343 e. The van der Waals surface area contributed by atoms with Crippen LogP contribution in [0.25, 0.3) is 22.3 Å². The Morgan fingerprint density at radius 1 is 0.943 bits per heavy atom. The number of aromatic nitrogens is 2. The summed E-state index contributed by atoms with van der Waals surface area (Å²) in [5, 5.41) is 23.4. The van der Waals surface area contributed by atoms with E-state index in [1.54, 1.807) is 33.8 Å². The molecular weight excluding hydrogens is 908 g/mol. The largest absolute Gasteiger partial charge is 0.458 e. The number of ketones is 1. The fraction of sp³-hybridized carbons (Fsp3) is 0.520. The molecule has 1 aromatic carbocycles. The SMILES string of the molecule is CC[C@@]1(O)C(=O)OCc2c1cc1n(c2=O)Cc2c-1nc1cc(F)c(C)c3c1c2[C@@H](NC(=O)CCCNC(=O)[C@H](CCCNC(N)=O)CC(=O)[C@@H](NC(=O)CCCCCN1C(=O)C=CC1=O)C(C)C)CC3. The molecule has 2 aromatic heterocycles. The van der Waals surface area contributed by atoms with Crippen molar-refractivity contribution in [1.29, 1.82) is 0 Å². The molecule has 70 heavy (non-hydrogen) atoms. The predicted molar refractivity (Wildman–Crippen MR) is 252 cm³/mol. The molecule has 7 N–H and O–H groups in total. The van der Waals surface area contributed by atoms with Gasteiger partial charge in [-0.2, -0.15) is 0 Å². The summed E-state index contributed by atoms with van der Waals surface area (Å²) >= 11 is 0. The molecular formula is C50H61FN8O11. The minimum atomic E-state index is -2.04. The summed E-state index contributed by atoms with van der Waals surface area (Å²) in [7, 11) is 0. The predicted octanol–water partition coefficient (Wildman–Crippen LogP) is 3.18. The van der Waals surface area contributed by atoms with E-state index >= 15 is 4.39 Å². The number of cyclic esters (lactones) is 1. The molecule has 3 aromatic rings. The second-order valence-corrected chi connectivity index (χ2v) is 18.9. The van der Waals surface area contributed by atoms with Gasteiger partial charge in [-0.1, -0.05) is 27.2 Å². The Balaban J connectivity index is 0.984. The fourth-order valence-electron chi connectivity index (χ4n) is 10.1. The summed E-state index contributed by atoms with van der Waals surface area (Å²) in [6.45, 7) is 7.18. The van der Waals surface area contributed by atoms with Gasteiger partial charge in [0, 0.05) is 79.5 Å². The molecule has 5 heterocycles. The number of esters is 1. The lowest BCUT2D eigenvalue weighted by Gasteiger charge is -2.31. The number of halogens is 1. The number of pyridine rings is 2. The van der Waals surface area contributed by atoms with Crippen LogP contribution >= 0.6 is 0 Å². The number of ether oxygens (including phenoxy) is 1. The Kier molecular flexibility index (Phi) is 15.6. The van der Waals surface area contributed by atoms with E-state index in [1.807, 2.05) is 0 Å². The topological polar surface area (TPSA) is 278 Å². The second kappa shape index (κ2) is 21.4. The summed E-state index contributed by atoms with van der Waals surface area (Å²) in [5.74, 6) is -4.58. The van der Waals surface area contributed by atoms with Gasteiger partial charge in [0.2, 0.25) is 17.7 Å². The standard InChI is InChI=1S/C50H61FN8O11/c1-5-50(69)32-22-36-45-30(24-59(36)47(66)31(32)25-70-48(50)67)43-34(15-14-29-27(4)33(51)23-35(56-45)42(29)43)55-38(61)13-10-18-53-46(65)28(11-9-19-54-49(52)68)21-37(60)44(26(2)3)57-39(62)12-7-6-8-20-58-40(63)16-17-41(58)64/h16-17,22-23,26,28,34,44,69H,5-15,18-21,24-25H2,1-4H3,(H,53,65)(H,55,61)(H,57,62)(H3,52,54,68)/t28-,34+,44+,50+/m1/s1. The third-order valence-electron chi connectivity index (χ3n) is 14.0. The van der Waals surface area contributed by atoms with Crippen LogP contribution in [-0.2, 0) is 63.5 Å². The number of urea groups is 1. The zero-order valence-corrected chi connectivity index (χ0v) is 40.0. The first-order chi connectivity index (χ1) is 33.3. The molecule has 7 amide bonds.